The summed E-state index contributed by atoms with van der Waals surface area (Å²) in [7, 11) is 0. The molecule has 656 valence electrons. The molecule has 3 saturated heterocycles. The average Bonchev–Trinajstić information content (AvgIpc) is 0.780. The third kappa shape index (κ3) is 50.7. The molecule has 0 bridgehead atoms. The highest BCUT2D eigenvalue weighted by molar-refractivity contribution is 5.76. The lowest BCUT2D eigenvalue weighted by atomic mass is 9.96. The van der Waals surface area contributed by atoms with Crippen molar-refractivity contribution in [2.45, 2.75) is 529 Å². The van der Waals surface area contributed by atoms with Crippen molar-refractivity contribution in [2.75, 3.05) is 26.4 Å². The molecule has 3 heterocycles. The molecule has 3 aliphatic heterocycles. The predicted molar refractivity (Wildman–Crippen MR) is 448 cm³/mol. The van der Waals surface area contributed by atoms with E-state index in [1.807, 2.05) is 6.08 Å². The van der Waals surface area contributed by atoms with Gasteiger partial charge in [-0.05, 0) is 32.1 Å². The van der Waals surface area contributed by atoms with Gasteiger partial charge >= 0.3 is 0 Å². The van der Waals surface area contributed by atoms with E-state index in [9.17, 15) is 61.0 Å². The fraction of sp³-hybridized carbons (Fsp3) is 0.946. The van der Waals surface area contributed by atoms with Crippen LogP contribution in [-0.2, 0) is 33.2 Å². The van der Waals surface area contributed by atoms with Crippen LogP contribution in [0.2, 0.25) is 0 Å². The second-order valence-corrected chi connectivity index (χ2v) is 33.8. The highest BCUT2D eigenvalue weighted by Gasteiger charge is 2.54. The van der Waals surface area contributed by atoms with Crippen molar-refractivity contribution in [3.8, 4) is 0 Å². The van der Waals surface area contributed by atoms with Gasteiger partial charge in [-0.1, -0.05) is 411 Å². The number of aliphatic hydroxyl groups excluding tert-OH is 11. The van der Waals surface area contributed by atoms with Crippen molar-refractivity contribution in [3.05, 3.63) is 24.3 Å². The van der Waals surface area contributed by atoms with Crippen LogP contribution in [0.5, 0.6) is 0 Å². The van der Waals surface area contributed by atoms with Gasteiger partial charge in [0, 0.05) is 6.42 Å². The van der Waals surface area contributed by atoms with E-state index in [0.29, 0.717) is 12.8 Å². The van der Waals surface area contributed by atoms with Crippen LogP contribution in [0.4, 0.5) is 0 Å². The topological polar surface area (TPSA) is 307 Å². The first-order valence-corrected chi connectivity index (χ1v) is 47.1. The second-order valence-electron chi connectivity index (χ2n) is 33.8. The summed E-state index contributed by atoms with van der Waals surface area (Å²) in [5, 5.41) is 121. The fourth-order valence-electron chi connectivity index (χ4n) is 16.3. The van der Waals surface area contributed by atoms with Gasteiger partial charge in [-0.3, -0.25) is 4.79 Å². The average molecular weight is 1580 g/mol. The third-order valence-electron chi connectivity index (χ3n) is 23.8. The van der Waals surface area contributed by atoms with Crippen LogP contribution in [0.1, 0.15) is 425 Å². The molecule has 0 aromatic carbocycles. The Bertz CT molecular complexity index is 2090. The second kappa shape index (κ2) is 72.3. The molecule has 3 fully saturated rings. The minimum atomic E-state index is -1.98. The number of hydrogen-bond acceptors (Lipinski definition) is 18. The molecule has 0 aliphatic carbocycles. The summed E-state index contributed by atoms with van der Waals surface area (Å²) in [6.45, 7) is 1.80. The first-order chi connectivity index (χ1) is 54.3. The van der Waals surface area contributed by atoms with Gasteiger partial charge in [-0.2, -0.15) is 0 Å². The van der Waals surface area contributed by atoms with Crippen molar-refractivity contribution < 1.29 is 89.4 Å². The van der Waals surface area contributed by atoms with E-state index >= 15 is 0 Å². The van der Waals surface area contributed by atoms with E-state index in [1.165, 1.54) is 353 Å². The molecule has 1 amide bonds. The Morgan fingerprint density at radius 1 is 0.315 bits per heavy atom. The maximum Gasteiger partial charge on any atom is 0.220 e. The Balaban J connectivity index is 1.31. The summed E-state index contributed by atoms with van der Waals surface area (Å²) >= 11 is 0. The van der Waals surface area contributed by atoms with E-state index in [-0.39, 0.29) is 18.9 Å². The number of carbonyl (C=O) groups is 1. The van der Waals surface area contributed by atoms with Crippen LogP contribution in [0.25, 0.3) is 0 Å². The molecule has 0 radical (unpaired) electrons. The molecular formula is C92H175NO18. The molecule has 19 nitrogen and oxygen atoms in total. The molecule has 0 saturated carbocycles. The normalized spacial score (nSPS) is 25.1. The molecule has 12 N–H and O–H groups in total. The van der Waals surface area contributed by atoms with Gasteiger partial charge in [0.25, 0.3) is 0 Å². The Kier molecular flexibility index (Phi) is 67.4. The van der Waals surface area contributed by atoms with Gasteiger partial charge in [0.15, 0.2) is 18.9 Å². The highest BCUT2D eigenvalue weighted by Crippen LogP contribution is 2.34. The van der Waals surface area contributed by atoms with Gasteiger partial charge in [-0.15, -0.1) is 0 Å². The van der Waals surface area contributed by atoms with Gasteiger partial charge in [-0.25, -0.2) is 0 Å². The van der Waals surface area contributed by atoms with Crippen LogP contribution in [0.15, 0.2) is 24.3 Å². The summed E-state index contributed by atoms with van der Waals surface area (Å²) in [4.78, 5) is 13.5. The maximum atomic E-state index is 13.5. The lowest BCUT2D eigenvalue weighted by Gasteiger charge is -2.48. The van der Waals surface area contributed by atoms with Gasteiger partial charge < -0.3 is 89.9 Å². The number of allylic oxidation sites excluding steroid dienone is 3. The van der Waals surface area contributed by atoms with Gasteiger partial charge in [0.05, 0.1) is 38.6 Å². The van der Waals surface area contributed by atoms with Crippen molar-refractivity contribution in [3.63, 3.8) is 0 Å². The summed E-state index contributed by atoms with van der Waals surface area (Å²) in [5.41, 5.74) is 0. The first kappa shape index (κ1) is 103. The molecule has 17 atom stereocenters. The lowest BCUT2D eigenvalue weighted by molar-refractivity contribution is -0.379. The van der Waals surface area contributed by atoms with E-state index in [0.717, 1.165) is 38.5 Å². The minimum absolute atomic E-state index is 0.241. The molecule has 0 aromatic rings. The van der Waals surface area contributed by atoms with Gasteiger partial charge in [0.2, 0.25) is 5.91 Å². The smallest absolute Gasteiger partial charge is 0.220 e. The SMILES string of the molecule is CCCCCCCCCCCCCCCCCCCCCCCCC/C=C/CC/C=C/C(O)C(COC1OC(CO)C(OC2OC(CO)C(OC3OC(CO)C(O)C(O)C3O)C(O)C2O)C(O)C1O)NC(=O)CCCCCCCCCCCCCCCCCCCCCCCCCCCCCCCCCCCCCCC. The highest BCUT2D eigenvalue weighted by atomic mass is 16.8. The van der Waals surface area contributed by atoms with Crippen molar-refractivity contribution in [2.24, 2.45) is 0 Å². The van der Waals surface area contributed by atoms with Crippen molar-refractivity contribution in [1.82, 2.24) is 5.32 Å². The Morgan fingerprint density at radius 2 is 0.577 bits per heavy atom. The maximum absolute atomic E-state index is 13.5. The minimum Gasteiger partial charge on any atom is -0.394 e. The zero-order valence-corrected chi connectivity index (χ0v) is 71.0. The molecule has 17 unspecified atom stereocenters. The van der Waals surface area contributed by atoms with Crippen molar-refractivity contribution >= 4 is 5.91 Å². The quantitative estimate of drug-likeness (QED) is 0.0199. The standard InChI is InChI=1S/C92H175NO18/c1-3-5-7-9-11-13-15-17-19-21-23-25-27-29-31-33-34-35-36-37-38-39-40-42-44-46-48-50-52-54-56-58-60-62-64-66-68-70-80(98)93-75(76(97)69-67-65-63-61-59-57-55-53-51-49-47-45-43-41-32-30-28-26-24-22-20-18-16-14-12-10-8-6-4-2)74-106-90-86(104)83(101)88(78(72-95)108-90)111-92-87(105)84(102)89(79(73-96)109-92)110-91-85(103)82(100)81(99)77(71-94)107-91/h59,61,67,69,75-79,81-92,94-97,99-105H,3-58,60,62-66,68,70-74H2,1-2H3,(H,93,98)/b61-59+,69-67+. The molecule has 111 heavy (non-hydrogen) atoms. The summed E-state index contributed by atoms with van der Waals surface area (Å²) < 4.78 is 34.5. The Hall–Kier alpha value is -1.73. The molecule has 3 aliphatic rings. The number of hydrogen-bond donors (Lipinski definition) is 12. The van der Waals surface area contributed by atoms with E-state index in [4.69, 9.17) is 28.4 Å². The molecule has 0 spiro atoms. The molecule has 3 rings (SSSR count). The van der Waals surface area contributed by atoms with Gasteiger partial charge in [0.1, 0.15) is 73.2 Å². The largest absolute Gasteiger partial charge is 0.394 e. The predicted octanol–water partition coefficient (Wildman–Crippen LogP) is 18.4. The van der Waals surface area contributed by atoms with Crippen LogP contribution < -0.4 is 5.32 Å². The van der Waals surface area contributed by atoms with E-state index in [2.05, 4.69) is 31.3 Å². The zero-order valence-electron chi connectivity index (χ0n) is 71.0. The number of nitrogens with one attached hydrogen (secondary N) is 1. The number of aliphatic hydroxyl groups is 11. The zero-order chi connectivity index (χ0) is 80.3. The number of carbonyl (C=O) groups excluding carboxylic acids is 1. The monoisotopic (exact) mass is 1580 g/mol. The number of rotatable bonds is 78. The van der Waals surface area contributed by atoms with E-state index < -0.39 is 124 Å². The van der Waals surface area contributed by atoms with E-state index in [1.54, 1.807) is 6.08 Å². The fourth-order valence-corrected chi connectivity index (χ4v) is 16.3. The van der Waals surface area contributed by atoms with Crippen LogP contribution >= 0.6 is 0 Å². The Morgan fingerprint density at radius 3 is 0.901 bits per heavy atom. The number of amides is 1. The van der Waals surface area contributed by atoms with Crippen LogP contribution in [0.3, 0.4) is 0 Å². The van der Waals surface area contributed by atoms with Crippen LogP contribution in [-0.4, -0.2) is 193 Å². The molecule has 19 heteroatoms. The molecule has 0 aromatic heterocycles. The Labute approximate surface area is 677 Å². The number of ether oxygens (including phenoxy) is 6. The summed E-state index contributed by atoms with van der Waals surface area (Å²) in [5.74, 6) is -0.275. The van der Waals surface area contributed by atoms with Crippen molar-refractivity contribution in [1.29, 1.82) is 0 Å². The number of unbranched alkanes of at least 4 members (excludes halogenated alkanes) is 60. The third-order valence-corrected chi connectivity index (χ3v) is 23.8. The summed E-state index contributed by atoms with van der Waals surface area (Å²) in [6.07, 6.45) is 65.0. The first-order valence-electron chi connectivity index (χ1n) is 47.1. The molecular weight excluding hydrogens is 1410 g/mol. The lowest BCUT2D eigenvalue weighted by Crippen LogP contribution is -2.66. The van der Waals surface area contributed by atoms with Crippen LogP contribution in [0, 0.1) is 0 Å². The summed E-state index contributed by atoms with van der Waals surface area (Å²) in [6, 6.07) is -0.990.